The average Bonchev–Trinajstić information content (AvgIpc) is 3.53. The molecule has 6 aromatic rings. The Morgan fingerprint density at radius 3 is 2.91 bits per heavy atom. The number of aromatic amines is 1. The van der Waals surface area contributed by atoms with Crippen LogP contribution >= 0.6 is 11.6 Å². The van der Waals surface area contributed by atoms with E-state index >= 15 is 0 Å². The van der Waals surface area contributed by atoms with E-state index in [1.807, 2.05) is 47.9 Å². The summed E-state index contributed by atoms with van der Waals surface area (Å²) in [7, 11) is 0. The van der Waals surface area contributed by atoms with Crippen LogP contribution in [0.25, 0.3) is 33.0 Å². The maximum absolute atomic E-state index is 12.8. The Bertz CT molecular complexity index is 1750. The number of carbonyl (C=O) groups excluding carboxylic acids is 1. The van der Waals surface area contributed by atoms with E-state index in [4.69, 9.17) is 21.8 Å². The lowest BCUT2D eigenvalue weighted by Gasteiger charge is -2.07. The number of fused-ring (bicyclic) bond motifs is 3. The van der Waals surface area contributed by atoms with Crippen LogP contribution in [-0.4, -0.2) is 30.4 Å². The van der Waals surface area contributed by atoms with E-state index in [9.17, 15) is 4.79 Å². The third kappa shape index (κ3) is 3.85. The first kappa shape index (κ1) is 21.2. The molecule has 4 N–H and O–H groups in total. The van der Waals surface area contributed by atoms with Crippen molar-refractivity contribution >= 4 is 56.4 Å². The van der Waals surface area contributed by atoms with Crippen LogP contribution in [0.1, 0.15) is 27.4 Å². The van der Waals surface area contributed by atoms with Gasteiger partial charge >= 0.3 is 0 Å². The number of halogens is 1. The highest BCUT2D eigenvalue weighted by molar-refractivity contribution is 6.31. The highest BCUT2D eigenvalue weighted by Crippen LogP contribution is 2.27. The van der Waals surface area contributed by atoms with Crippen molar-refractivity contribution in [1.82, 2.24) is 29.8 Å². The molecule has 0 aliphatic carbocycles. The second-order valence-corrected chi connectivity index (χ2v) is 8.86. The van der Waals surface area contributed by atoms with Crippen molar-refractivity contribution in [3.05, 3.63) is 82.7 Å². The summed E-state index contributed by atoms with van der Waals surface area (Å²) in [4.78, 5) is 28.8. The summed E-state index contributed by atoms with van der Waals surface area (Å²) >= 11 is 6.41. The zero-order valence-electron chi connectivity index (χ0n) is 18.7. The molecule has 0 saturated carbocycles. The minimum atomic E-state index is -0.162. The third-order valence-corrected chi connectivity index (χ3v) is 6.16. The maximum atomic E-state index is 12.8. The number of aryl methyl sites for hydroxylation is 1. The van der Waals surface area contributed by atoms with Crippen molar-refractivity contribution in [2.75, 3.05) is 5.73 Å². The number of aromatic nitrogens is 5. The molecule has 0 aliphatic rings. The Morgan fingerprint density at radius 2 is 2.03 bits per heavy atom. The molecule has 0 atom stereocenters. The van der Waals surface area contributed by atoms with Crippen molar-refractivity contribution in [2.24, 2.45) is 0 Å². The third-order valence-electron chi connectivity index (χ3n) is 5.94. The highest BCUT2D eigenvalue weighted by Gasteiger charge is 2.14. The molecule has 0 radical (unpaired) electrons. The number of hydrogen-bond acceptors (Lipinski definition) is 6. The van der Waals surface area contributed by atoms with Crippen molar-refractivity contribution in [3.8, 4) is 0 Å². The average molecular weight is 486 g/mol. The van der Waals surface area contributed by atoms with Gasteiger partial charge in [-0.15, -0.1) is 0 Å². The number of imidazole rings is 1. The lowest BCUT2D eigenvalue weighted by molar-refractivity contribution is 0.0950. The number of anilines is 1. The van der Waals surface area contributed by atoms with Gasteiger partial charge in [0.25, 0.3) is 5.91 Å². The molecule has 9 nitrogen and oxygen atoms in total. The number of amides is 1. The van der Waals surface area contributed by atoms with Crippen LogP contribution in [0, 0.1) is 6.92 Å². The van der Waals surface area contributed by atoms with Crippen LogP contribution in [-0.2, 0) is 13.1 Å². The molecule has 10 heteroatoms. The topological polar surface area (TPSA) is 128 Å². The molecule has 0 saturated heterocycles. The van der Waals surface area contributed by atoms with Gasteiger partial charge in [0.1, 0.15) is 23.2 Å². The number of nitrogens with zero attached hydrogens (tertiary/aromatic N) is 4. The summed E-state index contributed by atoms with van der Waals surface area (Å²) in [6.45, 7) is 2.71. The normalized spacial score (nSPS) is 11.6. The summed E-state index contributed by atoms with van der Waals surface area (Å²) < 4.78 is 7.48. The summed E-state index contributed by atoms with van der Waals surface area (Å²) in [6.07, 6.45) is 3.11. The Kier molecular flexibility index (Phi) is 4.93. The van der Waals surface area contributed by atoms with E-state index in [1.54, 1.807) is 12.4 Å². The Labute approximate surface area is 203 Å². The fourth-order valence-electron chi connectivity index (χ4n) is 4.35. The molecule has 4 aromatic heterocycles. The molecule has 0 bridgehead atoms. The molecule has 0 unspecified atom stereocenters. The van der Waals surface area contributed by atoms with E-state index in [1.165, 1.54) is 6.33 Å². The number of carbonyl (C=O) groups is 1. The van der Waals surface area contributed by atoms with Gasteiger partial charge in [-0.05, 0) is 55.0 Å². The first-order valence-corrected chi connectivity index (χ1v) is 11.3. The van der Waals surface area contributed by atoms with Crippen molar-refractivity contribution in [2.45, 2.75) is 20.0 Å². The molecule has 0 spiro atoms. The van der Waals surface area contributed by atoms with Gasteiger partial charge in [-0.25, -0.2) is 15.0 Å². The predicted molar refractivity (Wildman–Crippen MR) is 134 cm³/mol. The van der Waals surface area contributed by atoms with Gasteiger partial charge in [0, 0.05) is 27.1 Å². The van der Waals surface area contributed by atoms with E-state index in [-0.39, 0.29) is 5.91 Å². The molecule has 4 heterocycles. The molecule has 1 amide bonds. The van der Waals surface area contributed by atoms with Gasteiger partial charge in [0.05, 0.1) is 24.9 Å². The SMILES string of the molecule is Cc1cc2cc(C(=O)NCc3cc4cc(Cl)cc(Cn5cnc6c(N)ncnc65)c4[nH]3)ccc2o1. The molecule has 174 valence electrons. The summed E-state index contributed by atoms with van der Waals surface area (Å²) in [5.74, 6) is 0.986. The lowest BCUT2D eigenvalue weighted by Crippen LogP contribution is -2.22. The van der Waals surface area contributed by atoms with Gasteiger partial charge in [-0.3, -0.25) is 4.79 Å². The molecular formula is C25H20ClN7O2. The van der Waals surface area contributed by atoms with Crippen LogP contribution in [0.5, 0.6) is 0 Å². The van der Waals surface area contributed by atoms with Gasteiger partial charge in [-0.1, -0.05) is 11.6 Å². The molecule has 0 fully saturated rings. The molecular weight excluding hydrogens is 466 g/mol. The summed E-state index contributed by atoms with van der Waals surface area (Å²) in [5, 5.41) is 5.44. The van der Waals surface area contributed by atoms with Crippen molar-refractivity contribution in [3.63, 3.8) is 0 Å². The molecule has 35 heavy (non-hydrogen) atoms. The van der Waals surface area contributed by atoms with Crippen LogP contribution in [0.15, 0.2) is 59.5 Å². The second kappa shape index (κ2) is 8.14. The molecule has 0 aliphatic heterocycles. The lowest BCUT2D eigenvalue weighted by atomic mass is 10.1. The van der Waals surface area contributed by atoms with Gasteiger partial charge in [0.15, 0.2) is 11.5 Å². The van der Waals surface area contributed by atoms with Gasteiger partial charge in [0.2, 0.25) is 0 Å². The number of benzene rings is 2. The summed E-state index contributed by atoms with van der Waals surface area (Å²) in [6, 6.07) is 13.1. The van der Waals surface area contributed by atoms with Crippen molar-refractivity contribution < 1.29 is 9.21 Å². The Hall–Kier alpha value is -4.37. The minimum Gasteiger partial charge on any atom is -0.461 e. The number of rotatable bonds is 5. The largest absolute Gasteiger partial charge is 0.461 e. The molecule has 2 aromatic carbocycles. The predicted octanol–water partition coefficient (Wildman–Crippen LogP) is 4.58. The Balaban J connectivity index is 1.25. The first-order chi connectivity index (χ1) is 16.9. The van der Waals surface area contributed by atoms with E-state index in [0.717, 1.165) is 38.9 Å². The monoisotopic (exact) mass is 485 g/mol. The number of furan rings is 1. The van der Waals surface area contributed by atoms with Gasteiger partial charge in [-0.2, -0.15) is 0 Å². The first-order valence-electron chi connectivity index (χ1n) is 10.9. The maximum Gasteiger partial charge on any atom is 0.251 e. The van der Waals surface area contributed by atoms with E-state index < -0.39 is 0 Å². The number of nitrogens with two attached hydrogens (primary N) is 1. The number of hydrogen-bond donors (Lipinski definition) is 3. The van der Waals surface area contributed by atoms with Crippen LogP contribution in [0.3, 0.4) is 0 Å². The fraction of sp³-hybridized carbons (Fsp3) is 0.120. The number of nitrogen functional groups attached to an aromatic ring is 1. The minimum absolute atomic E-state index is 0.162. The standard InChI is InChI=1S/C25H20ClN7O2/c1-13-4-15-5-14(2-3-20(15)35-13)25(34)28-9-19-8-16-6-18(26)7-17(21(16)32-19)10-33-12-31-22-23(27)29-11-30-24(22)33/h2-8,11-12,32H,9-10H2,1H3,(H,28,34)(H2,27,29,30). The second-order valence-electron chi connectivity index (χ2n) is 8.42. The van der Waals surface area contributed by atoms with E-state index in [2.05, 4.69) is 25.3 Å². The Morgan fingerprint density at radius 1 is 1.14 bits per heavy atom. The molecule has 6 rings (SSSR count). The van der Waals surface area contributed by atoms with Crippen LogP contribution < -0.4 is 11.1 Å². The highest BCUT2D eigenvalue weighted by atomic mass is 35.5. The van der Waals surface area contributed by atoms with Crippen LogP contribution in [0.2, 0.25) is 5.02 Å². The smallest absolute Gasteiger partial charge is 0.251 e. The summed E-state index contributed by atoms with van der Waals surface area (Å²) in [5.41, 5.74) is 11.2. The quantitative estimate of drug-likeness (QED) is 0.328. The van der Waals surface area contributed by atoms with Crippen molar-refractivity contribution in [1.29, 1.82) is 0 Å². The zero-order valence-corrected chi connectivity index (χ0v) is 19.4. The van der Waals surface area contributed by atoms with Gasteiger partial charge < -0.3 is 25.0 Å². The van der Waals surface area contributed by atoms with Crippen LogP contribution in [0.4, 0.5) is 5.82 Å². The fourth-order valence-corrected chi connectivity index (χ4v) is 4.60. The number of nitrogens with one attached hydrogen (secondary N) is 2. The number of H-pyrrole nitrogens is 1. The van der Waals surface area contributed by atoms with E-state index in [0.29, 0.717) is 40.7 Å². The zero-order chi connectivity index (χ0) is 24.1.